The van der Waals surface area contributed by atoms with Crippen LogP contribution in [0.15, 0.2) is 17.9 Å². The Bertz CT molecular complexity index is 735. The molecule has 1 aliphatic rings. The Balaban J connectivity index is 1.90. The van der Waals surface area contributed by atoms with Crippen molar-refractivity contribution < 1.29 is 4.79 Å². The molecule has 3 heterocycles. The molecule has 0 bridgehead atoms. The molecule has 5 nitrogen and oxygen atoms in total. The number of hydrogen-bond acceptors (Lipinski definition) is 5. The first-order chi connectivity index (χ1) is 11.4. The summed E-state index contributed by atoms with van der Waals surface area (Å²) >= 11 is 1.60. The van der Waals surface area contributed by atoms with Crippen molar-refractivity contribution in [2.45, 2.75) is 46.5 Å². The van der Waals surface area contributed by atoms with E-state index in [2.05, 4.69) is 15.0 Å². The zero-order chi connectivity index (χ0) is 17.3. The van der Waals surface area contributed by atoms with Gasteiger partial charge in [0, 0.05) is 36.8 Å². The molecule has 6 heteroatoms. The first-order valence-electron chi connectivity index (χ1n) is 8.38. The maximum atomic E-state index is 12.6. The minimum Gasteiger partial charge on any atom is -0.342 e. The lowest BCUT2D eigenvalue weighted by atomic mass is 9.89. The van der Waals surface area contributed by atoms with Gasteiger partial charge in [-0.15, -0.1) is 11.3 Å². The molecule has 2 aromatic heterocycles. The Morgan fingerprint density at radius 3 is 2.67 bits per heavy atom. The lowest BCUT2D eigenvalue weighted by molar-refractivity contribution is -0.140. The lowest BCUT2D eigenvalue weighted by Gasteiger charge is -2.36. The summed E-state index contributed by atoms with van der Waals surface area (Å²) in [5.41, 5.74) is 4.41. The molecule has 1 atom stereocenters. The number of carbonyl (C=O) groups excluding carboxylic acids is 1. The third kappa shape index (κ3) is 3.34. The van der Waals surface area contributed by atoms with Crippen molar-refractivity contribution in [2.24, 2.45) is 5.41 Å². The van der Waals surface area contributed by atoms with E-state index in [0.29, 0.717) is 0 Å². The van der Waals surface area contributed by atoms with Crippen LogP contribution in [0.3, 0.4) is 0 Å². The molecule has 0 N–H and O–H groups in total. The topological polar surface area (TPSA) is 59.0 Å². The van der Waals surface area contributed by atoms with E-state index in [4.69, 9.17) is 0 Å². The Morgan fingerprint density at radius 2 is 2.00 bits per heavy atom. The van der Waals surface area contributed by atoms with Gasteiger partial charge in [-0.2, -0.15) is 0 Å². The van der Waals surface area contributed by atoms with Gasteiger partial charge in [0.15, 0.2) is 0 Å². The van der Waals surface area contributed by atoms with E-state index < -0.39 is 0 Å². The molecule has 3 rings (SSSR count). The number of thiazole rings is 1. The Hall–Kier alpha value is -1.82. The molecule has 0 aromatic carbocycles. The number of amides is 1. The van der Waals surface area contributed by atoms with Crippen LogP contribution in [0.1, 0.15) is 50.9 Å². The fourth-order valence-electron chi connectivity index (χ4n) is 3.21. The zero-order valence-electron chi connectivity index (χ0n) is 14.7. The number of aromatic nitrogens is 3. The van der Waals surface area contributed by atoms with Crippen LogP contribution in [0.5, 0.6) is 0 Å². The van der Waals surface area contributed by atoms with E-state index in [1.54, 1.807) is 23.7 Å². The molecular weight excluding hydrogens is 320 g/mol. The largest absolute Gasteiger partial charge is 0.342 e. The number of aryl methyl sites for hydroxylation is 1. The fourth-order valence-corrected chi connectivity index (χ4v) is 4.02. The highest BCUT2D eigenvalue weighted by Crippen LogP contribution is 2.35. The molecule has 2 aromatic rings. The molecule has 1 amide bonds. The highest BCUT2D eigenvalue weighted by molar-refractivity contribution is 7.13. The second-order valence-electron chi connectivity index (χ2n) is 7.40. The van der Waals surface area contributed by atoms with Crippen molar-refractivity contribution in [3.63, 3.8) is 0 Å². The Kier molecular flexibility index (Phi) is 4.67. The summed E-state index contributed by atoms with van der Waals surface area (Å²) in [6.45, 7) is 9.50. The summed E-state index contributed by atoms with van der Waals surface area (Å²) in [5.74, 6) is 0.446. The van der Waals surface area contributed by atoms with E-state index in [-0.39, 0.29) is 17.2 Å². The number of nitrogens with zero attached hydrogens (tertiary/aromatic N) is 4. The number of likely N-dealkylation sites (tertiary alicyclic amines) is 1. The van der Waals surface area contributed by atoms with Crippen molar-refractivity contribution in [3.8, 4) is 10.6 Å². The summed E-state index contributed by atoms with van der Waals surface area (Å²) in [6.07, 6.45) is 5.53. The second-order valence-corrected chi connectivity index (χ2v) is 8.25. The van der Waals surface area contributed by atoms with Crippen molar-refractivity contribution in [1.82, 2.24) is 19.9 Å². The molecule has 1 aliphatic heterocycles. The van der Waals surface area contributed by atoms with Gasteiger partial charge in [0.25, 0.3) is 0 Å². The zero-order valence-corrected chi connectivity index (χ0v) is 15.6. The monoisotopic (exact) mass is 344 g/mol. The normalized spacial score (nSPS) is 18.7. The highest BCUT2D eigenvalue weighted by atomic mass is 32.1. The maximum Gasteiger partial charge on any atom is 0.227 e. The van der Waals surface area contributed by atoms with Crippen LogP contribution in [0.25, 0.3) is 10.6 Å². The third-order valence-corrected chi connectivity index (χ3v) is 5.36. The number of piperidine rings is 1. The van der Waals surface area contributed by atoms with Gasteiger partial charge < -0.3 is 4.90 Å². The molecule has 24 heavy (non-hydrogen) atoms. The van der Waals surface area contributed by atoms with Crippen molar-refractivity contribution >= 4 is 17.2 Å². The van der Waals surface area contributed by atoms with E-state index in [1.165, 1.54) is 0 Å². The minimum absolute atomic E-state index is 0.214. The smallest absolute Gasteiger partial charge is 0.227 e. The number of carbonyl (C=O) groups is 1. The van der Waals surface area contributed by atoms with Gasteiger partial charge in [-0.3, -0.25) is 14.8 Å². The van der Waals surface area contributed by atoms with Crippen LogP contribution in [-0.4, -0.2) is 38.8 Å². The minimum atomic E-state index is -0.346. The van der Waals surface area contributed by atoms with Crippen molar-refractivity contribution in [2.75, 3.05) is 13.1 Å². The van der Waals surface area contributed by atoms with Crippen LogP contribution < -0.4 is 0 Å². The summed E-state index contributed by atoms with van der Waals surface area (Å²) in [5, 5.41) is 0. The molecule has 0 aliphatic carbocycles. The molecule has 0 spiro atoms. The average molecular weight is 344 g/mol. The quantitative estimate of drug-likeness (QED) is 0.834. The van der Waals surface area contributed by atoms with Crippen molar-refractivity contribution in [1.29, 1.82) is 0 Å². The van der Waals surface area contributed by atoms with Gasteiger partial charge in [0.2, 0.25) is 5.91 Å². The highest BCUT2D eigenvalue weighted by Gasteiger charge is 2.33. The van der Waals surface area contributed by atoms with E-state index in [1.807, 2.05) is 38.1 Å². The summed E-state index contributed by atoms with van der Waals surface area (Å²) in [7, 11) is 0. The van der Waals surface area contributed by atoms with Crippen LogP contribution in [0.4, 0.5) is 0 Å². The van der Waals surface area contributed by atoms with E-state index in [0.717, 1.165) is 47.9 Å². The standard InChI is InChI=1S/C18H24N4OS/c1-12-16(24-11-21-12)15-14(19-7-8-20-15)13-6-5-9-22(10-13)17(23)18(2,3)4/h7-8,11,13H,5-6,9-10H2,1-4H3/t13-/m0/s1. The van der Waals surface area contributed by atoms with Crippen LogP contribution in [0, 0.1) is 12.3 Å². The predicted octanol–water partition coefficient (Wildman–Crippen LogP) is 3.66. The van der Waals surface area contributed by atoms with Crippen molar-refractivity contribution in [3.05, 3.63) is 29.3 Å². The van der Waals surface area contributed by atoms with Gasteiger partial charge in [-0.1, -0.05) is 20.8 Å². The van der Waals surface area contributed by atoms with Gasteiger partial charge >= 0.3 is 0 Å². The van der Waals surface area contributed by atoms with Gasteiger partial charge in [-0.05, 0) is 19.8 Å². The summed E-state index contributed by atoms with van der Waals surface area (Å²) in [6, 6.07) is 0. The van der Waals surface area contributed by atoms with E-state index in [9.17, 15) is 4.79 Å². The van der Waals surface area contributed by atoms with Gasteiger partial charge in [0.1, 0.15) is 5.69 Å². The molecule has 128 valence electrons. The summed E-state index contributed by atoms with van der Waals surface area (Å²) in [4.78, 5) is 29.3. The predicted molar refractivity (Wildman–Crippen MR) is 95.9 cm³/mol. The van der Waals surface area contributed by atoms with Gasteiger partial charge in [0.05, 0.1) is 21.8 Å². The number of hydrogen-bond donors (Lipinski definition) is 0. The van der Waals surface area contributed by atoms with Gasteiger partial charge in [-0.25, -0.2) is 4.98 Å². The molecule has 1 fully saturated rings. The first kappa shape index (κ1) is 17.0. The second kappa shape index (κ2) is 6.59. The van der Waals surface area contributed by atoms with Crippen LogP contribution in [-0.2, 0) is 4.79 Å². The lowest BCUT2D eigenvalue weighted by Crippen LogP contribution is -2.44. The molecular formula is C18H24N4OS. The molecule has 0 unspecified atom stereocenters. The Morgan fingerprint density at radius 1 is 1.25 bits per heavy atom. The number of rotatable bonds is 2. The summed E-state index contributed by atoms with van der Waals surface area (Å²) < 4.78 is 0. The molecule has 1 saturated heterocycles. The Labute approximate surface area is 147 Å². The first-order valence-corrected chi connectivity index (χ1v) is 9.26. The average Bonchev–Trinajstić information content (AvgIpc) is 2.99. The third-order valence-electron chi connectivity index (χ3n) is 4.42. The molecule has 0 saturated carbocycles. The maximum absolute atomic E-state index is 12.6. The molecule has 0 radical (unpaired) electrons. The van der Waals surface area contributed by atoms with E-state index >= 15 is 0 Å². The fraction of sp³-hybridized carbons (Fsp3) is 0.556. The SMILES string of the molecule is Cc1ncsc1-c1nccnc1[C@H]1CCCN(C(=O)C(C)(C)C)C1. The van der Waals surface area contributed by atoms with Crippen LogP contribution in [0.2, 0.25) is 0 Å². The van der Waals surface area contributed by atoms with Crippen LogP contribution >= 0.6 is 11.3 Å².